The van der Waals surface area contributed by atoms with E-state index < -0.39 is 11.7 Å². The lowest BCUT2D eigenvalue weighted by Gasteiger charge is -2.19. The van der Waals surface area contributed by atoms with Crippen molar-refractivity contribution in [3.05, 3.63) is 0 Å². The van der Waals surface area contributed by atoms with Gasteiger partial charge in [0.2, 0.25) is 0 Å². The Bertz CT molecular complexity index is 196. The van der Waals surface area contributed by atoms with Crippen LogP contribution in [0.2, 0.25) is 0 Å². The molecule has 0 aromatic carbocycles. The average Bonchev–Trinajstić information content (AvgIpc) is 1.81. The summed E-state index contributed by atoms with van der Waals surface area (Å²) in [6.07, 6.45) is -0.132. The van der Waals surface area contributed by atoms with Crippen LogP contribution in [-0.4, -0.2) is 24.1 Å². The third-order valence-corrected chi connectivity index (χ3v) is 1.06. The van der Waals surface area contributed by atoms with Gasteiger partial charge in [-0.05, 0) is 20.8 Å². The molecular formula is C8H17N3O2. The molecule has 0 atom stereocenters. The van der Waals surface area contributed by atoms with Gasteiger partial charge in [-0.15, -0.1) is 0 Å². The van der Waals surface area contributed by atoms with E-state index >= 15 is 0 Å². The number of hydrogen-bond donors (Lipinski definition) is 3. The largest absolute Gasteiger partial charge is 0.444 e. The predicted molar refractivity (Wildman–Crippen MR) is 50.8 cm³/mol. The first kappa shape index (κ1) is 11.7. The molecule has 0 aliphatic rings. The highest BCUT2D eigenvalue weighted by molar-refractivity contribution is 5.77. The Morgan fingerprint density at radius 3 is 2.46 bits per heavy atom. The van der Waals surface area contributed by atoms with Gasteiger partial charge >= 0.3 is 6.09 Å². The van der Waals surface area contributed by atoms with Gasteiger partial charge in [0.05, 0.1) is 5.84 Å². The normalized spacial score (nSPS) is 10.7. The maximum absolute atomic E-state index is 11.0. The second kappa shape index (κ2) is 4.69. The molecule has 0 bridgehead atoms. The molecule has 5 heteroatoms. The number of amides is 1. The van der Waals surface area contributed by atoms with Crippen LogP contribution in [0, 0.1) is 5.41 Å². The van der Waals surface area contributed by atoms with E-state index in [1.54, 1.807) is 20.8 Å². The third kappa shape index (κ3) is 8.65. The number of nitrogens with one attached hydrogen (secondary N) is 2. The van der Waals surface area contributed by atoms with E-state index in [1.807, 2.05) is 0 Å². The lowest BCUT2D eigenvalue weighted by molar-refractivity contribution is 0.0529. The Hall–Kier alpha value is -1.26. The van der Waals surface area contributed by atoms with Gasteiger partial charge in [0.15, 0.2) is 0 Å². The standard InChI is InChI=1S/C8H17N3O2/c1-8(2,3)13-7(12)11-5-4-6(9)10/h4-5H2,1-3H3,(H3,9,10)(H,11,12). The van der Waals surface area contributed by atoms with Crippen LogP contribution in [0.4, 0.5) is 4.79 Å². The number of carbonyl (C=O) groups excluding carboxylic acids is 1. The van der Waals surface area contributed by atoms with Crippen LogP contribution in [0.1, 0.15) is 27.2 Å². The number of rotatable bonds is 3. The van der Waals surface area contributed by atoms with Gasteiger partial charge in [0, 0.05) is 13.0 Å². The van der Waals surface area contributed by atoms with E-state index in [-0.39, 0.29) is 5.84 Å². The summed E-state index contributed by atoms with van der Waals surface area (Å²) in [5.74, 6) is 0.0519. The molecule has 5 nitrogen and oxygen atoms in total. The van der Waals surface area contributed by atoms with E-state index in [0.717, 1.165) is 0 Å². The molecule has 1 amide bonds. The van der Waals surface area contributed by atoms with Crippen LogP contribution in [0.5, 0.6) is 0 Å². The fourth-order valence-corrected chi connectivity index (χ4v) is 0.613. The zero-order valence-corrected chi connectivity index (χ0v) is 8.31. The van der Waals surface area contributed by atoms with Crippen molar-refractivity contribution in [3.63, 3.8) is 0 Å². The summed E-state index contributed by atoms with van der Waals surface area (Å²) in [4.78, 5) is 11.0. The number of alkyl carbamates (subject to hydrolysis) is 1. The second-order valence-electron chi connectivity index (χ2n) is 3.70. The topological polar surface area (TPSA) is 88.2 Å². The van der Waals surface area contributed by atoms with Crippen LogP contribution < -0.4 is 11.1 Å². The maximum atomic E-state index is 11.0. The van der Waals surface area contributed by atoms with Gasteiger partial charge in [-0.3, -0.25) is 5.41 Å². The Labute approximate surface area is 78.1 Å². The molecule has 0 spiro atoms. The quantitative estimate of drug-likeness (QED) is 0.452. The van der Waals surface area contributed by atoms with E-state index in [4.69, 9.17) is 15.9 Å². The summed E-state index contributed by atoms with van der Waals surface area (Å²) in [6.45, 7) is 5.71. The molecule has 0 saturated carbocycles. The zero-order chi connectivity index (χ0) is 10.5. The smallest absolute Gasteiger partial charge is 0.407 e. The molecule has 0 radical (unpaired) electrons. The van der Waals surface area contributed by atoms with Crippen LogP contribution in [-0.2, 0) is 4.74 Å². The molecular weight excluding hydrogens is 170 g/mol. The number of amidine groups is 1. The lowest BCUT2D eigenvalue weighted by atomic mass is 10.2. The SMILES string of the molecule is CC(C)(C)OC(=O)NCCC(=N)N. The molecule has 0 unspecified atom stereocenters. The van der Waals surface area contributed by atoms with Crippen molar-refractivity contribution in [2.24, 2.45) is 5.73 Å². The molecule has 0 fully saturated rings. The van der Waals surface area contributed by atoms with Gasteiger partial charge in [-0.2, -0.15) is 0 Å². The highest BCUT2D eigenvalue weighted by Gasteiger charge is 2.15. The van der Waals surface area contributed by atoms with Crippen LogP contribution in [0.3, 0.4) is 0 Å². The molecule has 0 aliphatic heterocycles. The fourth-order valence-electron chi connectivity index (χ4n) is 0.613. The second-order valence-corrected chi connectivity index (χ2v) is 3.70. The first-order chi connectivity index (χ1) is 5.81. The summed E-state index contributed by atoms with van der Waals surface area (Å²) in [5.41, 5.74) is 4.61. The molecule has 76 valence electrons. The van der Waals surface area contributed by atoms with Crippen molar-refractivity contribution in [3.8, 4) is 0 Å². The van der Waals surface area contributed by atoms with Crippen molar-refractivity contribution < 1.29 is 9.53 Å². The molecule has 0 aliphatic carbocycles. The first-order valence-electron chi connectivity index (χ1n) is 4.11. The molecule has 0 heterocycles. The van der Waals surface area contributed by atoms with Crippen molar-refractivity contribution >= 4 is 11.9 Å². The summed E-state index contributed by atoms with van der Waals surface area (Å²) >= 11 is 0. The number of ether oxygens (including phenoxy) is 1. The molecule has 0 rings (SSSR count). The molecule has 4 N–H and O–H groups in total. The Balaban J connectivity index is 3.59. The van der Waals surface area contributed by atoms with Gasteiger partial charge in [-0.1, -0.05) is 0 Å². The minimum Gasteiger partial charge on any atom is -0.444 e. The summed E-state index contributed by atoms with van der Waals surface area (Å²) in [7, 11) is 0. The number of hydrogen-bond acceptors (Lipinski definition) is 3. The van der Waals surface area contributed by atoms with Gasteiger partial charge in [-0.25, -0.2) is 4.79 Å². The minimum atomic E-state index is -0.486. The van der Waals surface area contributed by atoms with E-state index in [1.165, 1.54) is 0 Å². The molecule has 0 aromatic rings. The summed E-state index contributed by atoms with van der Waals surface area (Å²) in [5, 5.41) is 9.39. The number of nitrogens with two attached hydrogens (primary N) is 1. The molecule has 13 heavy (non-hydrogen) atoms. The third-order valence-electron chi connectivity index (χ3n) is 1.06. The Morgan fingerprint density at radius 1 is 1.54 bits per heavy atom. The maximum Gasteiger partial charge on any atom is 0.407 e. The van der Waals surface area contributed by atoms with E-state index in [0.29, 0.717) is 13.0 Å². The van der Waals surface area contributed by atoms with Crippen LogP contribution in [0.25, 0.3) is 0 Å². The van der Waals surface area contributed by atoms with Crippen molar-refractivity contribution in [1.29, 1.82) is 5.41 Å². The fraction of sp³-hybridized carbons (Fsp3) is 0.750. The highest BCUT2D eigenvalue weighted by atomic mass is 16.6. The Morgan fingerprint density at radius 2 is 2.08 bits per heavy atom. The van der Waals surface area contributed by atoms with E-state index in [9.17, 15) is 4.79 Å². The summed E-state index contributed by atoms with van der Waals surface area (Å²) < 4.78 is 4.96. The highest BCUT2D eigenvalue weighted by Crippen LogP contribution is 2.06. The Kier molecular flexibility index (Phi) is 4.23. The predicted octanol–water partition coefficient (Wildman–Crippen LogP) is 0.837. The molecule has 0 saturated heterocycles. The minimum absolute atomic E-state index is 0.0519. The van der Waals surface area contributed by atoms with Crippen molar-refractivity contribution in [2.45, 2.75) is 32.8 Å². The van der Waals surface area contributed by atoms with Gasteiger partial charge in [0.25, 0.3) is 0 Å². The van der Waals surface area contributed by atoms with Crippen LogP contribution in [0.15, 0.2) is 0 Å². The van der Waals surface area contributed by atoms with E-state index in [2.05, 4.69) is 5.32 Å². The van der Waals surface area contributed by atoms with Gasteiger partial charge < -0.3 is 15.8 Å². The number of carbonyl (C=O) groups is 1. The van der Waals surface area contributed by atoms with Gasteiger partial charge in [0.1, 0.15) is 5.60 Å². The van der Waals surface area contributed by atoms with Crippen LogP contribution >= 0.6 is 0 Å². The molecule has 0 aromatic heterocycles. The zero-order valence-electron chi connectivity index (χ0n) is 8.31. The first-order valence-corrected chi connectivity index (χ1v) is 4.11. The van der Waals surface area contributed by atoms with Crippen molar-refractivity contribution in [1.82, 2.24) is 5.32 Å². The van der Waals surface area contributed by atoms with Crippen molar-refractivity contribution in [2.75, 3.05) is 6.54 Å². The summed E-state index contributed by atoms with van der Waals surface area (Å²) in [6, 6.07) is 0. The monoisotopic (exact) mass is 187 g/mol. The average molecular weight is 187 g/mol. The lowest BCUT2D eigenvalue weighted by Crippen LogP contribution is -2.34.